The van der Waals surface area contributed by atoms with Crippen molar-refractivity contribution in [2.24, 2.45) is 5.92 Å². The Hall–Kier alpha value is -3.65. The summed E-state index contributed by atoms with van der Waals surface area (Å²) in [6.07, 6.45) is 6.04. The van der Waals surface area contributed by atoms with Gasteiger partial charge in [-0.05, 0) is 68.2 Å². The average Bonchev–Trinajstić information content (AvgIpc) is 3.33. The van der Waals surface area contributed by atoms with E-state index < -0.39 is 0 Å². The van der Waals surface area contributed by atoms with Crippen LogP contribution < -0.4 is 4.74 Å². The zero-order chi connectivity index (χ0) is 23.7. The molecule has 0 spiro atoms. The Labute approximate surface area is 199 Å². The van der Waals surface area contributed by atoms with E-state index in [9.17, 15) is 4.79 Å². The van der Waals surface area contributed by atoms with Gasteiger partial charge in [-0.2, -0.15) is 10.2 Å². The van der Waals surface area contributed by atoms with Crippen LogP contribution in [0.3, 0.4) is 0 Å². The van der Waals surface area contributed by atoms with Crippen LogP contribution in [0, 0.1) is 5.92 Å². The van der Waals surface area contributed by atoms with Crippen LogP contribution in [-0.2, 0) is 13.1 Å². The fourth-order valence-corrected chi connectivity index (χ4v) is 4.29. The van der Waals surface area contributed by atoms with Gasteiger partial charge in [0, 0.05) is 30.2 Å². The first kappa shape index (κ1) is 22.2. The highest BCUT2D eigenvalue weighted by molar-refractivity contribution is 6.05. The summed E-state index contributed by atoms with van der Waals surface area (Å²) in [6.45, 7) is 1.75. The second-order valence-corrected chi connectivity index (χ2v) is 9.27. The van der Waals surface area contributed by atoms with Gasteiger partial charge in [0.15, 0.2) is 0 Å². The molecule has 0 atom stereocenters. The van der Waals surface area contributed by atoms with Crippen molar-refractivity contribution in [1.82, 2.24) is 29.8 Å². The minimum atomic E-state index is -0.0178. The molecule has 34 heavy (non-hydrogen) atoms. The lowest BCUT2D eigenvalue weighted by molar-refractivity contribution is 0.0647. The zero-order valence-electron chi connectivity index (χ0n) is 19.9. The highest BCUT2D eigenvalue weighted by Gasteiger charge is 2.29. The van der Waals surface area contributed by atoms with Gasteiger partial charge in [-0.3, -0.25) is 19.5 Å². The lowest BCUT2D eigenvalue weighted by Gasteiger charge is -2.26. The summed E-state index contributed by atoms with van der Waals surface area (Å²) in [4.78, 5) is 17.9. The maximum atomic E-state index is 14.0. The molecule has 1 aliphatic rings. The van der Waals surface area contributed by atoms with Crippen LogP contribution in [0.1, 0.15) is 28.9 Å². The molecule has 1 saturated carbocycles. The maximum Gasteiger partial charge on any atom is 0.274 e. The molecule has 1 fully saturated rings. The number of hydrogen-bond acceptors (Lipinski definition) is 5. The number of nitrogens with zero attached hydrogens (tertiary/aromatic N) is 5. The fourth-order valence-electron chi connectivity index (χ4n) is 4.29. The largest absolute Gasteiger partial charge is 0.497 e. The Balaban J connectivity index is 1.54. The van der Waals surface area contributed by atoms with Crippen molar-refractivity contribution in [2.75, 3.05) is 27.9 Å². The van der Waals surface area contributed by atoms with Crippen molar-refractivity contribution in [2.45, 2.75) is 25.9 Å². The summed E-state index contributed by atoms with van der Waals surface area (Å²) in [7, 11) is 5.60. The quantitative estimate of drug-likeness (QED) is 0.384. The number of carbonyl (C=O) groups excluding carboxylic acids is 1. The molecule has 8 heteroatoms. The molecule has 2 aromatic heterocycles. The Morgan fingerprint density at radius 3 is 2.74 bits per heavy atom. The topological polar surface area (TPSA) is 79.3 Å². The van der Waals surface area contributed by atoms with Crippen LogP contribution in [0.15, 0.2) is 54.9 Å². The molecule has 4 aromatic rings. The number of aromatic amines is 1. The van der Waals surface area contributed by atoms with Gasteiger partial charge in [-0.25, -0.2) is 0 Å². The van der Waals surface area contributed by atoms with Gasteiger partial charge in [0.1, 0.15) is 11.4 Å². The van der Waals surface area contributed by atoms with E-state index >= 15 is 0 Å². The Morgan fingerprint density at radius 1 is 1.18 bits per heavy atom. The SMILES string of the molecule is COc1cccc(CN(CN(C)C)C(=O)c2c3ccc(-c4cn[nH]c4)cc3nn2CC2CC2)c1. The third-order valence-electron chi connectivity index (χ3n) is 6.15. The zero-order valence-corrected chi connectivity index (χ0v) is 19.9. The number of fused-ring (bicyclic) bond motifs is 1. The molecule has 0 aliphatic heterocycles. The van der Waals surface area contributed by atoms with Crippen molar-refractivity contribution >= 4 is 16.8 Å². The number of H-pyrrole nitrogens is 1. The van der Waals surface area contributed by atoms with E-state index in [1.54, 1.807) is 13.3 Å². The smallest absolute Gasteiger partial charge is 0.274 e. The minimum absolute atomic E-state index is 0.0178. The molecule has 2 aromatic carbocycles. The maximum absolute atomic E-state index is 14.0. The predicted octanol–water partition coefficient (Wildman–Crippen LogP) is 4.01. The molecule has 0 saturated heterocycles. The van der Waals surface area contributed by atoms with E-state index in [-0.39, 0.29) is 5.91 Å². The molecule has 1 aliphatic carbocycles. The van der Waals surface area contributed by atoms with Crippen molar-refractivity contribution in [3.8, 4) is 16.9 Å². The third kappa shape index (κ3) is 4.68. The van der Waals surface area contributed by atoms with Gasteiger partial charge >= 0.3 is 0 Å². The Bertz CT molecular complexity index is 1290. The first-order valence-corrected chi connectivity index (χ1v) is 11.6. The first-order valence-electron chi connectivity index (χ1n) is 11.6. The van der Waals surface area contributed by atoms with Gasteiger partial charge in [0.05, 0.1) is 25.5 Å². The van der Waals surface area contributed by atoms with Crippen LogP contribution in [0.2, 0.25) is 0 Å². The molecule has 1 N–H and O–H groups in total. The Morgan fingerprint density at radius 2 is 2.03 bits per heavy atom. The number of ether oxygens (including phenoxy) is 1. The number of carbonyl (C=O) groups is 1. The molecule has 8 nitrogen and oxygen atoms in total. The van der Waals surface area contributed by atoms with Crippen LogP contribution in [0.4, 0.5) is 0 Å². The summed E-state index contributed by atoms with van der Waals surface area (Å²) in [6, 6.07) is 14.0. The van der Waals surface area contributed by atoms with Gasteiger partial charge in [-0.1, -0.05) is 18.2 Å². The number of nitrogens with one attached hydrogen (secondary N) is 1. The van der Waals surface area contributed by atoms with Crippen LogP contribution >= 0.6 is 0 Å². The average molecular weight is 459 g/mol. The molecular formula is C26H30N6O2. The molecule has 1 amide bonds. The standard InChI is InChI=1S/C26H30N6O2/c1-30(2)17-31(15-19-5-4-6-22(11-19)34-3)26(33)25-23-10-9-20(21-13-27-28-14-21)12-24(23)29-32(25)16-18-7-8-18/h4-6,9-14,18H,7-8,15-17H2,1-3H3,(H,27,28). The molecule has 176 valence electrons. The normalized spacial score (nSPS) is 13.5. The van der Waals surface area contributed by atoms with Crippen molar-refractivity contribution in [1.29, 1.82) is 0 Å². The molecule has 2 heterocycles. The predicted molar refractivity (Wildman–Crippen MR) is 131 cm³/mol. The van der Waals surface area contributed by atoms with Crippen LogP contribution in [0.25, 0.3) is 22.0 Å². The molecular weight excluding hydrogens is 428 g/mol. The number of hydrogen-bond donors (Lipinski definition) is 1. The number of aromatic nitrogens is 4. The van der Waals surface area contributed by atoms with Crippen LogP contribution in [-0.4, -0.2) is 63.6 Å². The number of rotatable bonds is 9. The van der Waals surface area contributed by atoms with Crippen molar-refractivity contribution < 1.29 is 9.53 Å². The molecule has 0 bridgehead atoms. The Kier molecular flexibility index (Phi) is 6.06. The first-order chi connectivity index (χ1) is 16.5. The minimum Gasteiger partial charge on any atom is -0.497 e. The van der Waals surface area contributed by atoms with E-state index in [1.165, 1.54) is 12.8 Å². The van der Waals surface area contributed by atoms with Gasteiger partial charge < -0.3 is 9.64 Å². The second kappa shape index (κ2) is 9.30. The van der Waals surface area contributed by atoms with Crippen molar-refractivity contribution in [3.63, 3.8) is 0 Å². The summed E-state index contributed by atoms with van der Waals surface area (Å²) in [5, 5.41) is 12.7. The summed E-state index contributed by atoms with van der Waals surface area (Å²) >= 11 is 0. The van der Waals surface area contributed by atoms with E-state index in [4.69, 9.17) is 9.84 Å². The third-order valence-corrected chi connectivity index (χ3v) is 6.15. The summed E-state index contributed by atoms with van der Waals surface area (Å²) < 4.78 is 7.31. The molecule has 0 radical (unpaired) electrons. The van der Waals surface area contributed by atoms with Crippen molar-refractivity contribution in [3.05, 3.63) is 66.1 Å². The number of methoxy groups -OCH3 is 1. The summed E-state index contributed by atoms with van der Waals surface area (Å²) in [5.41, 5.74) is 4.53. The van der Waals surface area contributed by atoms with Crippen LogP contribution in [0.5, 0.6) is 5.75 Å². The van der Waals surface area contributed by atoms with Gasteiger partial charge in [-0.15, -0.1) is 0 Å². The van der Waals surface area contributed by atoms with E-state index in [2.05, 4.69) is 10.2 Å². The number of benzene rings is 2. The van der Waals surface area contributed by atoms with Gasteiger partial charge in [0.25, 0.3) is 5.91 Å². The summed E-state index contributed by atoms with van der Waals surface area (Å²) in [5.74, 6) is 1.36. The molecule has 0 unspecified atom stereocenters. The lowest BCUT2D eigenvalue weighted by Crippen LogP contribution is -2.39. The second-order valence-electron chi connectivity index (χ2n) is 9.27. The monoisotopic (exact) mass is 458 g/mol. The highest BCUT2D eigenvalue weighted by Crippen LogP contribution is 2.33. The fraction of sp³-hybridized carbons (Fsp3) is 0.346. The van der Waals surface area contributed by atoms with E-state index in [1.807, 2.05) is 77.2 Å². The van der Waals surface area contributed by atoms with E-state index in [0.717, 1.165) is 39.9 Å². The lowest BCUT2D eigenvalue weighted by atomic mass is 10.1. The number of amides is 1. The highest BCUT2D eigenvalue weighted by atomic mass is 16.5. The van der Waals surface area contributed by atoms with Gasteiger partial charge in [0.2, 0.25) is 0 Å². The van der Waals surface area contributed by atoms with E-state index in [0.29, 0.717) is 24.8 Å². The molecule has 5 rings (SSSR count).